The first-order valence-corrected chi connectivity index (χ1v) is 7.70. The van der Waals surface area contributed by atoms with Crippen LogP contribution >= 0.6 is 0 Å². The topological polar surface area (TPSA) is 63.1 Å². The van der Waals surface area contributed by atoms with Gasteiger partial charge < -0.3 is 10.2 Å². The zero-order valence-electron chi connectivity index (χ0n) is 12.8. The Bertz CT molecular complexity index is 619. The Kier molecular flexibility index (Phi) is 4.37. The van der Waals surface area contributed by atoms with Crippen molar-refractivity contribution in [3.63, 3.8) is 0 Å². The molecule has 2 heterocycles. The molecular weight excluding hydrogens is 278 g/mol. The molecular formula is C16H21N5O. The normalized spacial score (nSPS) is 15.8. The fourth-order valence-electron chi connectivity index (χ4n) is 2.71. The van der Waals surface area contributed by atoms with Gasteiger partial charge in [0.2, 0.25) is 5.91 Å². The average Bonchev–Trinajstić information content (AvgIpc) is 3.21. The van der Waals surface area contributed by atoms with Gasteiger partial charge in [-0.25, -0.2) is 4.98 Å². The number of anilines is 2. The molecule has 0 aliphatic carbocycles. The van der Waals surface area contributed by atoms with Gasteiger partial charge in [0.1, 0.15) is 12.7 Å². The highest BCUT2D eigenvalue weighted by atomic mass is 16.1. The molecule has 1 aromatic heterocycles. The van der Waals surface area contributed by atoms with Crippen molar-refractivity contribution in [2.24, 2.45) is 5.92 Å². The number of nitrogens with zero attached hydrogens (tertiary/aromatic N) is 4. The summed E-state index contributed by atoms with van der Waals surface area (Å²) >= 11 is 0. The van der Waals surface area contributed by atoms with E-state index in [-0.39, 0.29) is 11.8 Å². The number of rotatable bonds is 5. The van der Waals surface area contributed by atoms with Gasteiger partial charge in [-0.3, -0.25) is 9.48 Å². The van der Waals surface area contributed by atoms with E-state index in [1.165, 1.54) is 24.9 Å². The van der Waals surface area contributed by atoms with Crippen molar-refractivity contribution < 1.29 is 4.79 Å². The Morgan fingerprint density at radius 1 is 1.36 bits per heavy atom. The lowest BCUT2D eigenvalue weighted by molar-refractivity contribution is -0.119. The van der Waals surface area contributed by atoms with E-state index in [2.05, 4.69) is 26.4 Å². The van der Waals surface area contributed by atoms with Crippen LogP contribution in [0, 0.1) is 5.92 Å². The first-order chi connectivity index (χ1) is 10.7. The number of hydrogen-bond acceptors (Lipinski definition) is 4. The van der Waals surface area contributed by atoms with Gasteiger partial charge in [0, 0.05) is 24.5 Å². The van der Waals surface area contributed by atoms with Crippen molar-refractivity contribution in [1.82, 2.24) is 14.8 Å². The minimum atomic E-state index is -0.169. The maximum absolute atomic E-state index is 12.3. The molecule has 1 aliphatic rings. The molecule has 1 aromatic carbocycles. The maximum atomic E-state index is 12.3. The highest BCUT2D eigenvalue weighted by molar-refractivity contribution is 5.92. The van der Waals surface area contributed by atoms with Crippen LogP contribution in [0.5, 0.6) is 0 Å². The van der Waals surface area contributed by atoms with Crippen LogP contribution < -0.4 is 10.2 Å². The van der Waals surface area contributed by atoms with E-state index in [9.17, 15) is 4.79 Å². The van der Waals surface area contributed by atoms with Crippen LogP contribution in [-0.4, -0.2) is 33.8 Å². The number of nitrogens with one attached hydrogen (secondary N) is 1. The number of carbonyl (C=O) groups excluding carboxylic acids is 1. The fourth-order valence-corrected chi connectivity index (χ4v) is 2.71. The van der Waals surface area contributed by atoms with Crippen molar-refractivity contribution in [3.05, 3.63) is 36.9 Å². The molecule has 116 valence electrons. The standard InChI is InChI=1S/C16H21N5O/c1-13(10-21-12-17-11-18-21)16(22)19-14-5-4-6-15(9-14)20-7-2-3-8-20/h4-6,9,11-13H,2-3,7-8,10H2,1H3,(H,19,22)/t13-/m1/s1. The minimum absolute atomic E-state index is 0.00549. The second kappa shape index (κ2) is 6.60. The van der Waals surface area contributed by atoms with Crippen LogP contribution in [0.4, 0.5) is 11.4 Å². The third kappa shape index (κ3) is 3.44. The third-order valence-corrected chi connectivity index (χ3v) is 3.96. The number of hydrogen-bond donors (Lipinski definition) is 1. The number of carbonyl (C=O) groups is 1. The summed E-state index contributed by atoms with van der Waals surface area (Å²) in [7, 11) is 0. The predicted molar refractivity (Wildman–Crippen MR) is 85.7 cm³/mol. The van der Waals surface area contributed by atoms with Crippen molar-refractivity contribution in [1.29, 1.82) is 0 Å². The highest BCUT2D eigenvalue weighted by Gasteiger charge is 2.16. The van der Waals surface area contributed by atoms with Gasteiger partial charge >= 0.3 is 0 Å². The minimum Gasteiger partial charge on any atom is -0.371 e. The Labute approximate surface area is 130 Å². The molecule has 1 atom stereocenters. The summed E-state index contributed by atoms with van der Waals surface area (Å²) in [5.74, 6) is -0.175. The summed E-state index contributed by atoms with van der Waals surface area (Å²) in [6, 6.07) is 8.07. The summed E-state index contributed by atoms with van der Waals surface area (Å²) in [4.78, 5) is 18.5. The molecule has 1 aliphatic heterocycles. The smallest absolute Gasteiger partial charge is 0.229 e. The molecule has 0 spiro atoms. The van der Waals surface area contributed by atoms with Crippen LogP contribution in [-0.2, 0) is 11.3 Å². The zero-order chi connectivity index (χ0) is 15.4. The summed E-state index contributed by atoms with van der Waals surface area (Å²) in [5.41, 5.74) is 2.03. The Morgan fingerprint density at radius 2 is 2.18 bits per heavy atom. The SMILES string of the molecule is C[C@H](Cn1cncn1)C(=O)Nc1cccc(N2CCCC2)c1. The van der Waals surface area contributed by atoms with Crippen LogP contribution in [0.1, 0.15) is 19.8 Å². The van der Waals surface area contributed by atoms with Gasteiger partial charge in [0.25, 0.3) is 0 Å². The highest BCUT2D eigenvalue weighted by Crippen LogP contribution is 2.23. The van der Waals surface area contributed by atoms with Crippen molar-refractivity contribution >= 4 is 17.3 Å². The van der Waals surface area contributed by atoms with Crippen molar-refractivity contribution in [2.75, 3.05) is 23.3 Å². The van der Waals surface area contributed by atoms with Gasteiger partial charge in [-0.2, -0.15) is 5.10 Å². The van der Waals surface area contributed by atoms with E-state index in [0.717, 1.165) is 18.8 Å². The molecule has 1 amide bonds. The van der Waals surface area contributed by atoms with Crippen molar-refractivity contribution in [3.8, 4) is 0 Å². The Balaban J connectivity index is 1.62. The quantitative estimate of drug-likeness (QED) is 0.919. The molecule has 6 heteroatoms. The molecule has 2 aromatic rings. The maximum Gasteiger partial charge on any atom is 0.229 e. The lowest BCUT2D eigenvalue weighted by atomic mass is 10.1. The Morgan fingerprint density at radius 3 is 2.91 bits per heavy atom. The largest absolute Gasteiger partial charge is 0.371 e. The van der Waals surface area contributed by atoms with Gasteiger partial charge in [-0.1, -0.05) is 13.0 Å². The molecule has 3 rings (SSSR count). The predicted octanol–water partition coefficient (Wildman–Crippen LogP) is 2.15. The van der Waals surface area contributed by atoms with Gasteiger partial charge in [-0.05, 0) is 31.0 Å². The number of aromatic nitrogens is 3. The first kappa shape index (κ1) is 14.6. The van der Waals surface area contributed by atoms with E-state index in [0.29, 0.717) is 6.54 Å². The van der Waals surface area contributed by atoms with Crippen LogP contribution in [0.3, 0.4) is 0 Å². The number of amides is 1. The first-order valence-electron chi connectivity index (χ1n) is 7.70. The summed E-state index contributed by atoms with van der Waals surface area (Å²) in [6.45, 7) is 4.61. The van der Waals surface area contributed by atoms with E-state index in [1.54, 1.807) is 11.0 Å². The monoisotopic (exact) mass is 299 g/mol. The molecule has 1 N–H and O–H groups in total. The molecule has 0 unspecified atom stereocenters. The summed E-state index contributed by atoms with van der Waals surface area (Å²) in [5, 5.41) is 7.02. The fraction of sp³-hybridized carbons (Fsp3) is 0.438. The van der Waals surface area contributed by atoms with E-state index in [1.807, 2.05) is 25.1 Å². The molecule has 0 radical (unpaired) electrons. The van der Waals surface area contributed by atoms with Crippen molar-refractivity contribution in [2.45, 2.75) is 26.3 Å². The average molecular weight is 299 g/mol. The van der Waals surface area contributed by atoms with Gasteiger partial charge in [0.15, 0.2) is 0 Å². The molecule has 0 saturated carbocycles. The molecule has 22 heavy (non-hydrogen) atoms. The van der Waals surface area contributed by atoms with E-state index >= 15 is 0 Å². The Hall–Kier alpha value is -2.37. The van der Waals surface area contributed by atoms with Gasteiger partial charge in [-0.15, -0.1) is 0 Å². The second-order valence-electron chi connectivity index (χ2n) is 5.75. The zero-order valence-corrected chi connectivity index (χ0v) is 12.8. The molecule has 0 bridgehead atoms. The second-order valence-corrected chi connectivity index (χ2v) is 5.75. The molecule has 1 fully saturated rings. The lowest BCUT2D eigenvalue weighted by Gasteiger charge is -2.19. The van der Waals surface area contributed by atoms with Crippen LogP contribution in [0.2, 0.25) is 0 Å². The summed E-state index contributed by atoms with van der Waals surface area (Å²) in [6.07, 6.45) is 5.58. The van der Waals surface area contributed by atoms with Crippen LogP contribution in [0.25, 0.3) is 0 Å². The van der Waals surface area contributed by atoms with Gasteiger partial charge in [0.05, 0.1) is 12.5 Å². The lowest BCUT2D eigenvalue weighted by Crippen LogP contribution is -2.25. The summed E-state index contributed by atoms with van der Waals surface area (Å²) < 4.78 is 1.67. The molecule has 6 nitrogen and oxygen atoms in total. The van der Waals surface area contributed by atoms with Crippen LogP contribution in [0.15, 0.2) is 36.9 Å². The van der Waals surface area contributed by atoms with E-state index < -0.39 is 0 Å². The molecule has 1 saturated heterocycles. The number of benzene rings is 1. The van der Waals surface area contributed by atoms with E-state index in [4.69, 9.17) is 0 Å². The third-order valence-electron chi connectivity index (χ3n) is 3.96.